The summed E-state index contributed by atoms with van der Waals surface area (Å²) in [4.78, 5) is 24.8. The van der Waals surface area contributed by atoms with Crippen LogP contribution in [0.25, 0.3) is 17.5 Å². The molecule has 0 aliphatic rings. The molecule has 5 nitrogen and oxygen atoms in total. The van der Waals surface area contributed by atoms with Gasteiger partial charge < -0.3 is 4.98 Å². The molecule has 0 bridgehead atoms. The third kappa shape index (κ3) is 1.95. The van der Waals surface area contributed by atoms with E-state index in [9.17, 15) is 9.18 Å². The molecule has 2 rings (SSSR count). The van der Waals surface area contributed by atoms with E-state index in [0.717, 1.165) is 6.33 Å². The van der Waals surface area contributed by atoms with Gasteiger partial charge in [0.2, 0.25) is 5.82 Å². The molecule has 0 spiro atoms. The van der Waals surface area contributed by atoms with Crippen molar-refractivity contribution < 1.29 is 4.39 Å². The van der Waals surface area contributed by atoms with Gasteiger partial charge in [0.1, 0.15) is 5.69 Å². The van der Waals surface area contributed by atoms with Gasteiger partial charge in [0.25, 0.3) is 5.56 Å². The number of hydrogen-bond acceptors (Lipinski definition) is 4. The summed E-state index contributed by atoms with van der Waals surface area (Å²) < 4.78 is 13.6. The molecular weight excluding hydrogens is 235 g/mol. The number of H-pyrrole nitrogens is 1. The normalized spacial score (nSPS) is 10.1. The number of hydrogen-bond donors (Lipinski definition) is 1. The highest BCUT2D eigenvalue weighted by atomic mass is 19.1. The van der Waals surface area contributed by atoms with E-state index in [1.807, 2.05) is 0 Å². The molecule has 0 aliphatic heterocycles. The van der Waals surface area contributed by atoms with Gasteiger partial charge in [-0.15, -0.1) is 0 Å². The van der Waals surface area contributed by atoms with Crippen molar-refractivity contribution in [2.45, 2.75) is 0 Å². The highest BCUT2D eigenvalue weighted by Crippen LogP contribution is 2.24. The number of aliphatic imine (C=N–C) groups is 1. The van der Waals surface area contributed by atoms with E-state index in [1.54, 1.807) is 12.1 Å². The van der Waals surface area contributed by atoms with Crippen LogP contribution in [0, 0.1) is 5.82 Å². The van der Waals surface area contributed by atoms with E-state index in [2.05, 4.69) is 33.2 Å². The Bertz CT molecular complexity index is 678. The van der Waals surface area contributed by atoms with E-state index in [4.69, 9.17) is 0 Å². The quantitative estimate of drug-likeness (QED) is 0.839. The second-order valence-electron chi connectivity index (χ2n) is 3.38. The molecule has 6 heteroatoms. The second-order valence-corrected chi connectivity index (χ2v) is 3.38. The van der Waals surface area contributed by atoms with Gasteiger partial charge in [-0.1, -0.05) is 12.7 Å². The Morgan fingerprint density at radius 3 is 2.89 bits per heavy atom. The average Bonchev–Trinajstić information content (AvgIpc) is 2.41. The molecular formula is C12H9FN4O. The first-order valence-corrected chi connectivity index (χ1v) is 5.00. The van der Waals surface area contributed by atoms with Gasteiger partial charge in [-0.3, -0.25) is 14.8 Å². The van der Waals surface area contributed by atoms with Gasteiger partial charge in [-0.25, -0.2) is 4.98 Å². The van der Waals surface area contributed by atoms with Crippen molar-refractivity contribution in [3.8, 4) is 11.4 Å². The smallest absolute Gasteiger partial charge is 0.287 e. The van der Waals surface area contributed by atoms with Crippen LogP contribution < -0.4 is 5.56 Å². The molecule has 0 atom stereocenters. The number of aromatic nitrogens is 3. The Hall–Kier alpha value is -2.63. The summed E-state index contributed by atoms with van der Waals surface area (Å²) in [7, 11) is 0. The summed E-state index contributed by atoms with van der Waals surface area (Å²) in [6.45, 7) is 7.01. The first-order valence-electron chi connectivity index (χ1n) is 5.00. The Balaban J connectivity index is 2.65. The van der Waals surface area contributed by atoms with Crippen LogP contribution in [0.15, 0.2) is 35.0 Å². The van der Waals surface area contributed by atoms with Crippen LogP contribution in [-0.4, -0.2) is 21.7 Å². The van der Waals surface area contributed by atoms with Crippen molar-refractivity contribution in [1.82, 2.24) is 15.0 Å². The van der Waals surface area contributed by atoms with Crippen molar-refractivity contribution in [3.05, 3.63) is 46.9 Å². The van der Waals surface area contributed by atoms with E-state index in [0.29, 0.717) is 11.3 Å². The van der Waals surface area contributed by atoms with Gasteiger partial charge in [0.05, 0.1) is 23.9 Å². The zero-order valence-corrected chi connectivity index (χ0v) is 9.35. The number of nitrogens with zero attached hydrogens (tertiary/aromatic N) is 3. The summed E-state index contributed by atoms with van der Waals surface area (Å²) in [5.41, 5.74) is 0.446. The Kier molecular flexibility index (Phi) is 3.09. The number of pyridine rings is 1. The minimum atomic E-state index is -0.973. The standard InChI is InChI=1S/C12H9FN4O/c1-3-7-4-8(15-5-9(7)14-2)11-10(13)12(18)17-6-16-11/h3-6H,1-2H2,(H,16,17,18). The molecule has 0 amide bonds. The van der Waals surface area contributed by atoms with Crippen LogP contribution in [0.1, 0.15) is 5.56 Å². The first-order chi connectivity index (χ1) is 8.67. The van der Waals surface area contributed by atoms with Gasteiger partial charge in [0, 0.05) is 5.56 Å². The fourth-order valence-electron chi connectivity index (χ4n) is 1.45. The van der Waals surface area contributed by atoms with E-state index in [-0.39, 0.29) is 11.4 Å². The van der Waals surface area contributed by atoms with Crippen molar-refractivity contribution in [2.75, 3.05) is 0 Å². The molecule has 18 heavy (non-hydrogen) atoms. The summed E-state index contributed by atoms with van der Waals surface area (Å²) in [6.07, 6.45) is 4.08. The van der Waals surface area contributed by atoms with Crippen LogP contribution in [0.2, 0.25) is 0 Å². The van der Waals surface area contributed by atoms with E-state index in [1.165, 1.54) is 6.20 Å². The van der Waals surface area contributed by atoms with Gasteiger partial charge >= 0.3 is 0 Å². The number of aromatic amines is 1. The molecule has 0 aromatic carbocycles. The number of halogens is 1. The van der Waals surface area contributed by atoms with E-state index >= 15 is 0 Å². The topological polar surface area (TPSA) is 71.0 Å². The molecule has 0 saturated carbocycles. The first kappa shape index (κ1) is 11.8. The van der Waals surface area contributed by atoms with Gasteiger partial charge in [-0.2, -0.15) is 4.39 Å². The molecule has 0 unspecified atom stereocenters. The number of rotatable bonds is 3. The maximum Gasteiger partial charge on any atom is 0.287 e. The van der Waals surface area contributed by atoms with Crippen LogP contribution >= 0.6 is 0 Å². The molecule has 2 aromatic rings. The summed E-state index contributed by atoms with van der Waals surface area (Å²) in [6, 6.07) is 1.54. The Labute approximate surface area is 102 Å². The lowest BCUT2D eigenvalue weighted by Crippen LogP contribution is -2.13. The average molecular weight is 244 g/mol. The third-order valence-electron chi connectivity index (χ3n) is 2.34. The zero-order chi connectivity index (χ0) is 13.1. The molecule has 2 heterocycles. The van der Waals surface area contributed by atoms with Crippen LogP contribution in [0.5, 0.6) is 0 Å². The van der Waals surface area contributed by atoms with Crippen LogP contribution in [-0.2, 0) is 0 Å². The van der Waals surface area contributed by atoms with Crippen molar-refractivity contribution >= 4 is 18.5 Å². The van der Waals surface area contributed by atoms with Crippen LogP contribution in [0.3, 0.4) is 0 Å². The number of nitrogens with one attached hydrogen (secondary N) is 1. The van der Waals surface area contributed by atoms with Gasteiger partial charge in [-0.05, 0) is 12.8 Å². The third-order valence-corrected chi connectivity index (χ3v) is 2.34. The second kappa shape index (κ2) is 4.70. The van der Waals surface area contributed by atoms with Crippen molar-refractivity contribution in [2.24, 2.45) is 4.99 Å². The maximum absolute atomic E-state index is 13.6. The molecule has 0 fully saturated rings. The monoisotopic (exact) mass is 244 g/mol. The SMILES string of the molecule is C=Cc1cc(-c2nc[nH]c(=O)c2F)ncc1N=C. The fraction of sp³-hybridized carbons (Fsp3) is 0. The molecule has 0 radical (unpaired) electrons. The lowest BCUT2D eigenvalue weighted by Gasteiger charge is -2.04. The molecule has 0 saturated heterocycles. The molecule has 90 valence electrons. The lowest BCUT2D eigenvalue weighted by atomic mass is 10.1. The highest BCUT2D eigenvalue weighted by molar-refractivity contribution is 5.69. The maximum atomic E-state index is 13.6. The predicted octanol–water partition coefficient (Wildman–Crippen LogP) is 1.95. The molecule has 1 N–H and O–H groups in total. The van der Waals surface area contributed by atoms with Crippen LogP contribution in [0.4, 0.5) is 10.1 Å². The summed E-state index contributed by atoms with van der Waals surface area (Å²) >= 11 is 0. The Morgan fingerprint density at radius 1 is 1.44 bits per heavy atom. The highest BCUT2D eigenvalue weighted by Gasteiger charge is 2.12. The van der Waals surface area contributed by atoms with Crippen molar-refractivity contribution in [1.29, 1.82) is 0 Å². The minimum absolute atomic E-state index is 0.113. The fourth-order valence-corrected chi connectivity index (χ4v) is 1.45. The zero-order valence-electron chi connectivity index (χ0n) is 9.35. The lowest BCUT2D eigenvalue weighted by molar-refractivity contribution is 0.604. The summed E-state index contributed by atoms with van der Waals surface area (Å²) in [5, 5.41) is 0. The Morgan fingerprint density at radius 2 is 2.22 bits per heavy atom. The predicted molar refractivity (Wildman–Crippen MR) is 67.3 cm³/mol. The van der Waals surface area contributed by atoms with Crippen molar-refractivity contribution in [3.63, 3.8) is 0 Å². The van der Waals surface area contributed by atoms with Gasteiger partial charge in [0.15, 0.2) is 0 Å². The summed E-state index contributed by atoms with van der Waals surface area (Å²) in [5.74, 6) is -0.973. The molecule has 0 aliphatic carbocycles. The molecule has 2 aromatic heterocycles. The largest absolute Gasteiger partial charge is 0.311 e. The van der Waals surface area contributed by atoms with E-state index < -0.39 is 11.4 Å². The minimum Gasteiger partial charge on any atom is -0.311 e.